The number of rotatable bonds is 11. The summed E-state index contributed by atoms with van der Waals surface area (Å²) in [4.78, 5) is 14.4. The smallest absolute Gasteiger partial charge is 0.152 e. The number of hydrogen-bond acceptors (Lipinski definition) is 2. The van der Waals surface area contributed by atoms with Crippen LogP contribution in [-0.4, -0.2) is 30.8 Å². The fraction of sp³-hybridized carbons (Fsp3) is 0.938. The van der Waals surface area contributed by atoms with Crippen LogP contribution in [0.3, 0.4) is 0 Å². The number of hydrogen-bond donors (Lipinski definition) is 0. The highest BCUT2D eigenvalue weighted by Crippen LogP contribution is 2.20. The second-order valence-corrected chi connectivity index (χ2v) is 5.73. The summed E-state index contributed by atoms with van der Waals surface area (Å²) >= 11 is 0. The molecule has 2 nitrogen and oxygen atoms in total. The Balaban J connectivity index is 4.23. The molecule has 2 heteroatoms. The van der Waals surface area contributed by atoms with Gasteiger partial charge in [0.2, 0.25) is 0 Å². The minimum atomic E-state index is 0.0676. The Morgan fingerprint density at radius 2 is 1.50 bits per heavy atom. The predicted octanol–water partition coefficient (Wildman–Crippen LogP) is 4.28. The van der Waals surface area contributed by atoms with Gasteiger partial charge in [-0.15, -0.1) is 0 Å². The molecule has 0 spiro atoms. The van der Waals surface area contributed by atoms with Gasteiger partial charge in [0.05, 0.1) is 6.04 Å². The van der Waals surface area contributed by atoms with Crippen molar-refractivity contribution in [2.45, 2.75) is 78.2 Å². The Kier molecular flexibility index (Phi) is 10.3. The lowest BCUT2D eigenvalue weighted by Gasteiger charge is -2.24. The van der Waals surface area contributed by atoms with Gasteiger partial charge in [0.1, 0.15) is 0 Å². The molecule has 108 valence electrons. The zero-order chi connectivity index (χ0) is 14.0. The SMILES string of the molecule is CCCCCCC(CCCC)C(=O)[C@@H](C)N(C)C. The summed E-state index contributed by atoms with van der Waals surface area (Å²) in [6.45, 7) is 6.47. The maximum absolute atomic E-state index is 12.4. The van der Waals surface area contributed by atoms with Gasteiger partial charge < -0.3 is 0 Å². The van der Waals surface area contributed by atoms with Crippen molar-refractivity contribution in [2.75, 3.05) is 14.1 Å². The standard InChI is InChI=1S/C16H33NO/c1-6-8-10-11-13-15(12-9-7-2)16(18)14(3)17(4)5/h14-15H,6-13H2,1-5H3/t14-,15?/m1/s1. The van der Waals surface area contributed by atoms with Crippen molar-refractivity contribution < 1.29 is 4.79 Å². The number of Topliss-reactive ketones (excluding diaryl/α,β-unsaturated/α-hetero) is 1. The lowest BCUT2D eigenvalue weighted by Crippen LogP contribution is -2.37. The molecule has 0 aromatic rings. The Hall–Kier alpha value is -0.370. The van der Waals surface area contributed by atoms with Gasteiger partial charge in [-0.05, 0) is 33.9 Å². The molecular weight excluding hydrogens is 222 g/mol. The van der Waals surface area contributed by atoms with Crippen molar-refractivity contribution in [1.29, 1.82) is 0 Å². The summed E-state index contributed by atoms with van der Waals surface area (Å²) < 4.78 is 0. The first kappa shape index (κ1) is 17.6. The molecule has 0 rings (SSSR count). The number of ketones is 1. The summed E-state index contributed by atoms with van der Waals surface area (Å²) in [6, 6.07) is 0.0676. The normalized spacial score (nSPS) is 14.8. The van der Waals surface area contributed by atoms with Crippen molar-refractivity contribution in [3.8, 4) is 0 Å². The molecule has 0 saturated carbocycles. The maximum atomic E-state index is 12.4. The van der Waals surface area contributed by atoms with E-state index in [1.54, 1.807) is 0 Å². The summed E-state index contributed by atoms with van der Waals surface area (Å²) in [7, 11) is 3.99. The first-order chi connectivity index (χ1) is 8.54. The molecule has 0 aromatic carbocycles. The minimum Gasteiger partial charge on any atom is -0.300 e. The molecule has 0 aliphatic rings. The Labute approximate surface area is 114 Å². The van der Waals surface area contributed by atoms with E-state index in [-0.39, 0.29) is 6.04 Å². The van der Waals surface area contributed by atoms with Crippen molar-refractivity contribution in [3.05, 3.63) is 0 Å². The molecule has 0 heterocycles. The Morgan fingerprint density at radius 3 is 2.00 bits per heavy atom. The van der Waals surface area contributed by atoms with E-state index in [2.05, 4.69) is 13.8 Å². The molecule has 2 atom stereocenters. The van der Waals surface area contributed by atoms with E-state index in [9.17, 15) is 4.79 Å². The maximum Gasteiger partial charge on any atom is 0.152 e. The Bertz CT molecular complexity index is 213. The van der Waals surface area contributed by atoms with Crippen LogP contribution in [0.5, 0.6) is 0 Å². The van der Waals surface area contributed by atoms with Gasteiger partial charge in [0.15, 0.2) is 5.78 Å². The van der Waals surface area contributed by atoms with E-state index < -0.39 is 0 Å². The van der Waals surface area contributed by atoms with E-state index in [0.29, 0.717) is 11.7 Å². The fourth-order valence-electron chi connectivity index (χ4n) is 2.29. The Morgan fingerprint density at radius 1 is 0.944 bits per heavy atom. The second kappa shape index (κ2) is 10.5. The van der Waals surface area contributed by atoms with Crippen LogP contribution in [-0.2, 0) is 4.79 Å². The molecule has 0 fully saturated rings. The molecule has 0 N–H and O–H groups in total. The van der Waals surface area contributed by atoms with Crippen molar-refractivity contribution in [1.82, 2.24) is 4.90 Å². The van der Waals surface area contributed by atoms with Gasteiger partial charge >= 0.3 is 0 Å². The molecular formula is C16H33NO. The van der Waals surface area contributed by atoms with Gasteiger partial charge in [-0.1, -0.05) is 52.4 Å². The second-order valence-electron chi connectivity index (χ2n) is 5.73. The van der Waals surface area contributed by atoms with Crippen molar-refractivity contribution >= 4 is 5.78 Å². The van der Waals surface area contributed by atoms with Crippen LogP contribution in [0.4, 0.5) is 0 Å². The average molecular weight is 255 g/mol. The quantitative estimate of drug-likeness (QED) is 0.514. The summed E-state index contributed by atoms with van der Waals surface area (Å²) in [5.41, 5.74) is 0. The van der Waals surface area contributed by atoms with E-state index in [1.807, 2.05) is 25.9 Å². The monoisotopic (exact) mass is 255 g/mol. The van der Waals surface area contributed by atoms with Gasteiger partial charge in [-0.3, -0.25) is 9.69 Å². The van der Waals surface area contributed by atoms with Crippen molar-refractivity contribution in [3.63, 3.8) is 0 Å². The third kappa shape index (κ3) is 7.15. The van der Waals surface area contributed by atoms with E-state index in [4.69, 9.17) is 0 Å². The summed E-state index contributed by atoms with van der Waals surface area (Å²) in [5.74, 6) is 0.740. The van der Waals surface area contributed by atoms with Gasteiger partial charge in [0, 0.05) is 5.92 Å². The third-order valence-corrected chi connectivity index (χ3v) is 3.90. The summed E-state index contributed by atoms with van der Waals surface area (Å²) in [5, 5.41) is 0. The largest absolute Gasteiger partial charge is 0.300 e. The summed E-state index contributed by atoms with van der Waals surface area (Å²) in [6.07, 6.45) is 9.62. The molecule has 0 amide bonds. The van der Waals surface area contributed by atoms with Crippen LogP contribution in [0.2, 0.25) is 0 Å². The predicted molar refractivity (Wildman–Crippen MR) is 79.9 cm³/mol. The molecule has 0 aliphatic heterocycles. The minimum absolute atomic E-state index is 0.0676. The van der Waals surface area contributed by atoms with Crippen LogP contribution < -0.4 is 0 Å². The number of unbranched alkanes of at least 4 members (excludes halogenated alkanes) is 4. The molecule has 0 bridgehead atoms. The highest BCUT2D eigenvalue weighted by atomic mass is 16.1. The average Bonchev–Trinajstić information content (AvgIpc) is 2.36. The van der Waals surface area contributed by atoms with Crippen LogP contribution in [0, 0.1) is 5.92 Å². The lowest BCUT2D eigenvalue weighted by molar-refractivity contribution is -0.127. The van der Waals surface area contributed by atoms with E-state index in [1.165, 1.54) is 38.5 Å². The number of nitrogens with zero attached hydrogens (tertiary/aromatic N) is 1. The fourth-order valence-corrected chi connectivity index (χ4v) is 2.29. The highest BCUT2D eigenvalue weighted by Gasteiger charge is 2.24. The molecule has 1 unspecified atom stereocenters. The van der Waals surface area contributed by atoms with E-state index in [0.717, 1.165) is 12.8 Å². The third-order valence-electron chi connectivity index (χ3n) is 3.90. The van der Waals surface area contributed by atoms with Gasteiger partial charge in [-0.2, -0.15) is 0 Å². The van der Waals surface area contributed by atoms with Gasteiger partial charge in [-0.25, -0.2) is 0 Å². The molecule has 0 saturated heterocycles. The van der Waals surface area contributed by atoms with Crippen LogP contribution in [0.25, 0.3) is 0 Å². The van der Waals surface area contributed by atoms with Crippen LogP contribution in [0.15, 0.2) is 0 Å². The van der Waals surface area contributed by atoms with Gasteiger partial charge in [0.25, 0.3) is 0 Å². The number of likely N-dealkylation sites (N-methyl/N-ethyl adjacent to an activating group) is 1. The van der Waals surface area contributed by atoms with Crippen molar-refractivity contribution in [2.24, 2.45) is 5.92 Å². The zero-order valence-electron chi connectivity index (χ0n) is 13.2. The molecule has 0 aromatic heterocycles. The van der Waals surface area contributed by atoms with Crippen LogP contribution in [0.1, 0.15) is 72.1 Å². The first-order valence-corrected chi connectivity index (χ1v) is 7.74. The topological polar surface area (TPSA) is 20.3 Å². The van der Waals surface area contributed by atoms with E-state index >= 15 is 0 Å². The molecule has 0 radical (unpaired) electrons. The highest BCUT2D eigenvalue weighted by molar-refractivity contribution is 5.85. The number of carbonyl (C=O) groups excluding carboxylic acids is 1. The lowest BCUT2D eigenvalue weighted by atomic mass is 9.88. The van der Waals surface area contributed by atoms with Crippen LogP contribution >= 0.6 is 0 Å². The zero-order valence-corrected chi connectivity index (χ0v) is 13.2. The number of carbonyl (C=O) groups is 1. The molecule has 18 heavy (non-hydrogen) atoms. The first-order valence-electron chi connectivity index (χ1n) is 7.74. The molecule has 0 aliphatic carbocycles.